The van der Waals surface area contributed by atoms with E-state index in [0.717, 1.165) is 99.2 Å². The van der Waals surface area contributed by atoms with Crippen LogP contribution >= 0.6 is 0 Å². The van der Waals surface area contributed by atoms with Gasteiger partial charge in [-0.1, -0.05) is 164 Å². The smallest absolute Gasteiger partial charge is 0.143 e. The molecule has 0 unspecified atom stereocenters. The average molecular weight is 754 g/mol. The van der Waals surface area contributed by atoms with Crippen LogP contribution in [0.2, 0.25) is 0 Å². The highest BCUT2D eigenvalue weighted by Crippen LogP contribution is 2.48. The summed E-state index contributed by atoms with van der Waals surface area (Å²) in [5, 5.41) is 8.89. The normalized spacial score (nSPS) is 11.7. The van der Waals surface area contributed by atoms with Crippen molar-refractivity contribution in [2.45, 2.75) is 0 Å². The number of rotatable bonds is 6. The third-order valence-electron chi connectivity index (χ3n) is 11.9. The van der Waals surface area contributed by atoms with E-state index in [-0.39, 0.29) is 0 Å². The average Bonchev–Trinajstić information content (AvgIpc) is 3.90. The lowest BCUT2D eigenvalue weighted by atomic mass is 9.97. The molecule has 0 aliphatic heterocycles. The predicted octanol–water partition coefficient (Wildman–Crippen LogP) is 16.3. The molecule has 0 bridgehead atoms. The standard InChI is InChI=1S/C56H35NO2/c1-2-13-36(14-3-1)40-17-10-18-41(35-40)37-27-31-42(32-28-37)57(51-25-12-26-52-53(51)49-34-30-39-16-5-7-20-44(39)55(49)58-52)50-24-9-8-21-45(50)46-22-11-23-47-48-33-29-38-15-4-6-19-43(38)54(48)59-56(46)47/h1-35H. The Kier molecular flexibility index (Phi) is 7.54. The molecule has 0 spiro atoms. The van der Waals surface area contributed by atoms with Crippen molar-refractivity contribution in [3.8, 4) is 33.4 Å². The SMILES string of the molecule is c1ccc(-c2cccc(-c3ccc(N(c4ccccc4-c4cccc5c4oc4c6ccccc6ccc54)c4cccc5oc6c7ccccc7ccc6c45)cc3)c2)cc1. The fraction of sp³-hybridized carbons (Fsp3) is 0. The Labute approximate surface area is 340 Å². The van der Waals surface area contributed by atoms with Gasteiger partial charge >= 0.3 is 0 Å². The quantitative estimate of drug-likeness (QED) is 0.169. The molecule has 2 aromatic heterocycles. The van der Waals surface area contributed by atoms with Crippen LogP contribution in [-0.2, 0) is 0 Å². The molecule has 0 saturated heterocycles. The Morgan fingerprint density at radius 2 is 0.847 bits per heavy atom. The second-order valence-corrected chi connectivity index (χ2v) is 15.2. The summed E-state index contributed by atoms with van der Waals surface area (Å²) in [4.78, 5) is 2.39. The van der Waals surface area contributed by atoms with Gasteiger partial charge in [-0.2, -0.15) is 0 Å². The second-order valence-electron chi connectivity index (χ2n) is 15.2. The van der Waals surface area contributed by atoms with Crippen molar-refractivity contribution >= 4 is 82.5 Å². The van der Waals surface area contributed by atoms with Gasteiger partial charge < -0.3 is 13.7 Å². The minimum absolute atomic E-state index is 0.844. The van der Waals surface area contributed by atoms with E-state index >= 15 is 0 Å². The highest BCUT2D eigenvalue weighted by Gasteiger charge is 2.24. The third kappa shape index (κ3) is 5.36. The summed E-state index contributed by atoms with van der Waals surface area (Å²) in [5.41, 5.74) is 13.4. The number of benzene rings is 10. The summed E-state index contributed by atoms with van der Waals surface area (Å²) in [6.45, 7) is 0. The van der Waals surface area contributed by atoms with E-state index in [1.807, 2.05) is 0 Å². The fourth-order valence-corrected chi connectivity index (χ4v) is 9.08. The van der Waals surface area contributed by atoms with Crippen molar-refractivity contribution in [3.63, 3.8) is 0 Å². The highest BCUT2D eigenvalue weighted by molar-refractivity contribution is 6.21. The maximum atomic E-state index is 6.93. The van der Waals surface area contributed by atoms with Gasteiger partial charge in [-0.3, -0.25) is 0 Å². The first-order valence-electron chi connectivity index (χ1n) is 20.1. The van der Waals surface area contributed by atoms with Gasteiger partial charge in [-0.15, -0.1) is 0 Å². The molecule has 12 rings (SSSR count). The van der Waals surface area contributed by atoms with E-state index in [0.29, 0.717) is 0 Å². The van der Waals surface area contributed by atoms with Gasteiger partial charge in [0.15, 0.2) is 0 Å². The molecular weight excluding hydrogens is 719 g/mol. The minimum Gasteiger partial charge on any atom is -0.455 e. The third-order valence-corrected chi connectivity index (χ3v) is 11.9. The van der Waals surface area contributed by atoms with Crippen molar-refractivity contribution in [2.75, 3.05) is 4.90 Å². The first-order chi connectivity index (χ1) is 29.3. The van der Waals surface area contributed by atoms with Crippen molar-refractivity contribution in [1.82, 2.24) is 0 Å². The summed E-state index contributed by atoms with van der Waals surface area (Å²) in [7, 11) is 0. The van der Waals surface area contributed by atoms with E-state index < -0.39 is 0 Å². The molecule has 10 aromatic carbocycles. The van der Waals surface area contributed by atoms with Crippen molar-refractivity contribution in [3.05, 3.63) is 212 Å². The Morgan fingerprint density at radius 3 is 1.63 bits per heavy atom. The summed E-state index contributed by atoms with van der Waals surface area (Å²) in [5.74, 6) is 0. The van der Waals surface area contributed by atoms with E-state index in [9.17, 15) is 0 Å². The van der Waals surface area contributed by atoms with E-state index in [2.05, 4.69) is 217 Å². The van der Waals surface area contributed by atoms with Crippen LogP contribution in [-0.4, -0.2) is 0 Å². The Bertz CT molecular complexity index is 3560. The van der Waals surface area contributed by atoms with Gasteiger partial charge in [0.25, 0.3) is 0 Å². The van der Waals surface area contributed by atoms with Gasteiger partial charge in [-0.05, 0) is 81.6 Å². The maximum absolute atomic E-state index is 6.93. The lowest BCUT2D eigenvalue weighted by Gasteiger charge is -2.28. The van der Waals surface area contributed by atoms with Crippen LogP contribution in [0.25, 0.3) is 98.8 Å². The lowest BCUT2D eigenvalue weighted by Crippen LogP contribution is -2.11. The number of hydrogen-bond acceptors (Lipinski definition) is 3. The van der Waals surface area contributed by atoms with Crippen molar-refractivity contribution < 1.29 is 8.83 Å². The van der Waals surface area contributed by atoms with Gasteiger partial charge in [-0.25, -0.2) is 0 Å². The van der Waals surface area contributed by atoms with Gasteiger partial charge in [0.2, 0.25) is 0 Å². The summed E-state index contributed by atoms with van der Waals surface area (Å²) in [6, 6.07) is 75.6. The molecule has 0 radical (unpaired) electrons. The van der Waals surface area contributed by atoms with Crippen molar-refractivity contribution in [1.29, 1.82) is 0 Å². The maximum Gasteiger partial charge on any atom is 0.143 e. The number of nitrogens with zero attached hydrogens (tertiary/aromatic N) is 1. The highest BCUT2D eigenvalue weighted by atomic mass is 16.3. The molecule has 0 aliphatic rings. The van der Waals surface area contributed by atoms with E-state index in [1.54, 1.807) is 0 Å². The number of anilines is 3. The molecule has 0 fully saturated rings. The first kappa shape index (κ1) is 33.3. The molecule has 12 aromatic rings. The number of fused-ring (bicyclic) bond motifs is 10. The summed E-state index contributed by atoms with van der Waals surface area (Å²) >= 11 is 0. The molecule has 0 N–H and O–H groups in total. The molecule has 0 atom stereocenters. The van der Waals surface area contributed by atoms with E-state index in [1.165, 1.54) is 16.7 Å². The second kappa shape index (κ2) is 13.4. The van der Waals surface area contributed by atoms with Crippen LogP contribution in [0.4, 0.5) is 17.1 Å². The molecule has 3 nitrogen and oxygen atoms in total. The minimum atomic E-state index is 0.844. The van der Waals surface area contributed by atoms with E-state index in [4.69, 9.17) is 8.83 Å². The Hall–Kier alpha value is -7.88. The topological polar surface area (TPSA) is 29.5 Å². The zero-order chi connectivity index (χ0) is 38.9. The molecule has 2 heterocycles. The number of hydrogen-bond donors (Lipinski definition) is 0. The zero-order valence-corrected chi connectivity index (χ0v) is 32.0. The molecule has 0 amide bonds. The Morgan fingerprint density at radius 1 is 0.305 bits per heavy atom. The summed E-state index contributed by atoms with van der Waals surface area (Å²) < 4.78 is 13.7. The van der Waals surface area contributed by atoms with Gasteiger partial charge in [0.05, 0.1) is 16.8 Å². The Balaban J connectivity index is 1.08. The molecular formula is C56H35NO2. The number of para-hydroxylation sites is 2. The van der Waals surface area contributed by atoms with Crippen LogP contribution in [0.3, 0.4) is 0 Å². The zero-order valence-electron chi connectivity index (χ0n) is 32.0. The van der Waals surface area contributed by atoms with Crippen LogP contribution < -0.4 is 4.90 Å². The van der Waals surface area contributed by atoms with Crippen LogP contribution in [0, 0.1) is 0 Å². The molecule has 59 heavy (non-hydrogen) atoms. The number of furan rings is 2. The van der Waals surface area contributed by atoms with Crippen LogP contribution in [0.15, 0.2) is 221 Å². The fourth-order valence-electron chi connectivity index (χ4n) is 9.08. The first-order valence-corrected chi connectivity index (χ1v) is 20.1. The van der Waals surface area contributed by atoms with Gasteiger partial charge in [0, 0.05) is 43.7 Å². The molecule has 0 saturated carbocycles. The molecule has 0 aliphatic carbocycles. The molecule has 276 valence electrons. The predicted molar refractivity (Wildman–Crippen MR) is 247 cm³/mol. The monoisotopic (exact) mass is 753 g/mol. The summed E-state index contributed by atoms with van der Waals surface area (Å²) in [6.07, 6.45) is 0. The molecule has 3 heteroatoms. The van der Waals surface area contributed by atoms with Gasteiger partial charge in [0.1, 0.15) is 22.3 Å². The largest absolute Gasteiger partial charge is 0.455 e. The van der Waals surface area contributed by atoms with Crippen LogP contribution in [0.1, 0.15) is 0 Å². The van der Waals surface area contributed by atoms with Crippen molar-refractivity contribution in [2.24, 2.45) is 0 Å². The van der Waals surface area contributed by atoms with Crippen LogP contribution in [0.5, 0.6) is 0 Å². The lowest BCUT2D eigenvalue weighted by molar-refractivity contribution is 0.672.